The molecule has 3 nitrogen and oxygen atoms in total. The van der Waals surface area contributed by atoms with E-state index in [4.69, 9.17) is 10.2 Å². The second-order valence-corrected chi connectivity index (χ2v) is 2.53. The summed E-state index contributed by atoms with van der Waals surface area (Å²) in [5.74, 6) is -6.05. The average molecular weight is 206 g/mol. The number of aliphatic hydroxyl groups excluding tert-OH is 1. The fourth-order valence-corrected chi connectivity index (χ4v) is 0.908. The van der Waals surface area contributed by atoms with Crippen molar-refractivity contribution in [2.75, 3.05) is 0 Å². The first-order chi connectivity index (χ1) is 6.43. The van der Waals surface area contributed by atoms with Crippen LogP contribution in [-0.4, -0.2) is 16.2 Å². The number of hydrogen-bond acceptors (Lipinski definition) is 2. The van der Waals surface area contributed by atoms with Crippen LogP contribution < -0.4 is 0 Å². The topological polar surface area (TPSA) is 57.5 Å². The van der Waals surface area contributed by atoms with Crippen molar-refractivity contribution in [2.45, 2.75) is 6.10 Å². The molecule has 0 radical (unpaired) electrons. The van der Waals surface area contributed by atoms with Gasteiger partial charge >= 0.3 is 5.97 Å². The summed E-state index contributed by atoms with van der Waals surface area (Å²) >= 11 is 0. The van der Waals surface area contributed by atoms with E-state index in [0.717, 1.165) is 0 Å². The molecule has 1 aromatic rings. The Hall–Kier alpha value is -1.56. The monoisotopic (exact) mass is 206 g/mol. The molecule has 0 aliphatic rings. The van der Waals surface area contributed by atoms with Crippen LogP contribution in [0, 0.1) is 17.5 Å². The third-order valence-electron chi connectivity index (χ3n) is 1.55. The smallest absolute Gasteiger partial charge is 0.337 e. The normalized spacial score (nSPS) is 12.6. The van der Waals surface area contributed by atoms with Crippen molar-refractivity contribution in [3.05, 3.63) is 35.1 Å². The van der Waals surface area contributed by atoms with E-state index in [9.17, 15) is 18.0 Å². The maximum Gasteiger partial charge on any atom is 0.337 e. The summed E-state index contributed by atoms with van der Waals surface area (Å²) in [6, 6.07) is 0.685. The van der Waals surface area contributed by atoms with Crippen molar-refractivity contribution in [1.29, 1.82) is 0 Å². The highest BCUT2D eigenvalue weighted by molar-refractivity contribution is 5.74. The minimum Gasteiger partial charge on any atom is -0.479 e. The highest BCUT2D eigenvalue weighted by Gasteiger charge is 2.23. The van der Waals surface area contributed by atoms with Crippen LogP contribution in [0.4, 0.5) is 13.2 Å². The molecular weight excluding hydrogens is 201 g/mol. The summed E-state index contributed by atoms with van der Waals surface area (Å²) in [6.07, 6.45) is -2.28. The van der Waals surface area contributed by atoms with Crippen molar-refractivity contribution in [3.8, 4) is 0 Å². The van der Waals surface area contributed by atoms with E-state index < -0.39 is 35.1 Å². The first kappa shape index (κ1) is 10.5. The molecule has 0 heterocycles. The predicted molar refractivity (Wildman–Crippen MR) is 38.9 cm³/mol. The molecule has 1 aromatic carbocycles. The van der Waals surface area contributed by atoms with Gasteiger partial charge in [-0.15, -0.1) is 0 Å². The maximum absolute atomic E-state index is 12.8. The standard InChI is InChI=1S/C8H5F3O3/c9-3-1-4(7(12)8(13)14)6(11)5(10)2-3/h1-2,7,12H,(H,13,14)/t7-/m1/s1. The van der Waals surface area contributed by atoms with Crippen molar-refractivity contribution in [2.24, 2.45) is 0 Å². The Labute approximate surface area is 76.4 Å². The second-order valence-electron chi connectivity index (χ2n) is 2.53. The van der Waals surface area contributed by atoms with Crippen LogP contribution in [0.2, 0.25) is 0 Å². The minimum absolute atomic E-state index is 0.257. The largest absolute Gasteiger partial charge is 0.479 e. The van der Waals surface area contributed by atoms with E-state index in [0.29, 0.717) is 6.07 Å². The first-order valence-corrected chi connectivity index (χ1v) is 3.48. The Morgan fingerprint density at radius 1 is 1.29 bits per heavy atom. The predicted octanol–water partition coefficient (Wildman–Crippen LogP) is 1.22. The van der Waals surface area contributed by atoms with Gasteiger partial charge in [0.05, 0.1) is 0 Å². The van der Waals surface area contributed by atoms with Crippen LogP contribution in [0.3, 0.4) is 0 Å². The number of aliphatic hydroxyl groups is 1. The molecule has 1 rings (SSSR count). The van der Waals surface area contributed by atoms with Crippen molar-refractivity contribution < 1.29 is 28.2 Å². The van der Waals surface area contributed by atoms with Gasteiger partial charge in [0.15, 0.2) is 17.7 Å². The molecular formula is C8H5F3O3. The van der Waals surface area contributed by atoms with Gasteiger partial charge in [-0.3, -0.25) is 0 Å². The number of carboxylic acid groups (broad SMARTS) is 1. The molecule has 0 spiro atoms. The van der Waals surface area contributed by atoms with Gasteiger partial charge in [0, 0.05) is 11.6 Å². The van der Waals surface area contributed by atoms with Gasteiger partial charge in [-0.05, 0) is 6.07 Å². The molecule has 0 aromatic heterocycles. The second kappa shape index (κ2) is 3.67. The molecule has 0 bridgehead atoms. The zero-order valence-corrected chi connectivity index (χ0v) is 6.67. The van der Waals surface area contributed by atoms with Gasteiger partial charge in [-0.2, -0.15) is 0 Å². The van der Waals surface area contributed by atoms with Gasteiger partial charge in [0.25, 0.3) is 0 Å². The molecule has 0 saturated carbocycles. The molecule has 0 unspecified atom stereocenters. The average Bonchev–Trinajstić information content (AvgIpc) is 2.09. The Kier molecular flexibility index (Phi) is 2.76. The Bertz CT molecular complexity index is 378. The van der Waals surface area contributed by atoms with Gasteiger partial charge < -0.3 is 10.2 Å². The molecule has 1 atom stereocenters. The Morgan fingerprint density at radius 3 is 2.36 bits per heavy atom. The fraction of sp³-hybridized carbons (Fsp3) is 0.125. The summed E-state index contributed by atoms with van der Waals surface area (Å²) in [5.41, 5.74) is -0.935. The van der Waals surface area contributed by atoms with Gasteiger partial charge in [0.2, 0.25) is 0 Å². The summed E-state index contributed by atoms with van der Waals surface area (Å²) in [6.45, 7) is 0. The molecule has 0 fully saturated rings. The summed E-state index contributed by atoms with van der Waals surface area (Å²) < 4.78 is 37.9. The van der Waals surface area contributed by atoms with Crippen LogP contribution in [0.5, 0.6) is 0 Å². The quantitative estimate of drug-likeness (QED) is 0.715. The van der Waals surface area contributed by atoms with Crippen molar-refractivity contribution >= 4 is 5.97 Å². The van der Waals surface area contributed by atoms with E-state index in [1.807, 2.05) is 0 Å². The number of carboxylic acids is 1. The van der Waals surface area contributed by atoms with Gasteiger partial charge in [0.1, 0.15) is 5.82 Å². The number of benzene rings is 1. The van der Waals surface area contributed by atoms with Crippen LogP contribution in [0.1, 0.15) is 11.7 Å². The lowest BCUT2D eigenvalue weighted by Crippen LogP contribution is -2.13. The van der Waals surface area contributed by atoms with Crippen LogP contribution in [-0.2, 0) is 4.79 Å². The van der Waals surface area contributed by atoms with E-state index in [2.05, 4.69) is 0 Å². The first-order valence-electron chi connectivity index (χ1n) is 3.48. The van der Waals surface area contributed by atoms with Crippen LogP contribution in [0.15, 0.2) is 12.1 Å². The summed E-state index contributed by atoms with van der Waals surface area (Å²) in [7, 11) is 0. The lowest BCUT2D eigenvalue weighted by atomic mass is 10.1. The summed E-state index contributed by atoms with van der Waals surface area (Å²) in [4.78, 5) is 10.2. The highest BCUT2D eigenvalue weighted by Crippen LogP contribution is 2.21. The Balaban J connectivity index is 3.26. The molecule has 14 heavy (non-hydrogen) atoms. The number of rotatable bonds is 2. The van der Waals surface area contributed by atoms with E-state index in [1.165, 1.54) is 0 Å². The molecule has 6 heteroatoms. The van der Waals surface area contributed by atoms with Crippen molar-refractivity contribution in [3.63, 3.8) is 0 Å². The number of hydrogen-bond donors (Lipinski definition) is 2. The number of carbonyl (C=O) groups is 1. The lowest BCUT2D eigenvalue weighted by Gasteiger charge is -2.07. The molecule has 0 aliphatic heterocycles. The van der Waals surface area contributed by atoms with Gasteiger partial charge in [-0.25, -0.2) is 18.0 Å². The zero-order valence-electron chi connectivity index (χ0n) is 6.67. The molecule has 0 saturated heterocycles. The SMILES string of the molecule is O=C(O)[C@H](O)c1cc(F)cc(F)c1F. The molecule has 2 N–H and O–H groups in total. The molecule has 0 aliphatic carbocycles. The third kappa shape index (κ3) is 1.85. The van der Waals surface area contributed by atoms with Crippen LogP contribution >= 0.6 is 0 Å². The van der Waals surface area contributed by atoms with E-state index in [-0.39, 0.29) is 6.07 Å². The number of aliphatic carboxylic acids is 1. The zero-order chi connectivity index (χ0) is 10.9. The minimum atomic E-state index is -2.28. The lowest BCUT2D eigenvalue weighted by molar-refractivity contribution is -0.147. The molecule has 0 amide bonds. The van der Waals surface area contributed by atoms with Gasteiger partial charge in [-0.1, -0.05) is 0 Å². The van der Waals surface area contributed by atoms with Crippen molar-refractivity contribution in [1.82, 2.24) is 0 Å². The highest BCUT2D eigenvalue weighted by atomic mass is 19.2. The van der Waals surface area contributed by atoms with Crippen LogP contribution in [0.25, 0.3) is 0 Å². The molecule has 76 valence electrons. The third-order valence-corrected chi connectivity index (χ3v) is 1.55. The summed E-state index contributed by atoms with van der Waals surface area (Å²) in [5, 5.41) is 17.1. The van der Waals surface area contributed by atoms with E-state index in [1.54, 1.807) is 0 Å². The fourth-order valence-electron chi connectivity index (χ4n) is 0.908. The Morgan fingerprint density at radius 2 is 1.86 bits per heavy atom. The maximum atomic E-state index is 12.8. The van der Waals surface area contributed by atoms with E-state index >= 15 is 0 Å². The number of halogens is 3.